The SMILES string of the molecule is C.CC.CC.NC(=O)c1nnc(CC2CCCNC2)c2c1SCC(c1ccc(Cl)cc1)=C2. The van der Waals surface area contributed by atoms with Crippen molar-refractivity contribution in [2.75, 3.05) is 18.8 Å². The van der Waals surface area contributed by atoms with E-state index in [2.05, 4.69) is 21.6 Å². The van der Waals surface area contributed by atoms with E-state index in [1.807, 2.05) is 52.0 Å². The zero-order chi connectivity index (χ0) is 22.8. The highest BCUT2D eigenvalue weighted by Gasteiger charge is 2.25. The third-order valence-electron chi connectivity index (χ3n) is 5.06. The van der Waals surface area contributed by atoms with Gasteiger partial charge in [-0.15, -0.1) is 16.9 Å². The molecule has 0 radical (unpaired) electrons. The van der Waals surface area contributed by atoms with Gasteiger partial charge >= 0.3 is 0 Å². The van der Waals surface area contributed by atoms with E-state index in [0.717, 1.165) is 52.0 Å². The van der Waals surface area contributed by atoms with Gasteiger partial charge in [-0.25, -0.2) is 0 Å². The zero-order valence-corrected chi connectivity index (χ0v) is 20.4. The second kappa shape index (κ2) is 14.3. The van der Waals surface area contributed by atoms with Crippen molar-refractivity contribution in [3.05, 3.63) is 51.8 Å². The fourth-order valence-electron chi connectivity index (χ4n) is 3.64. The number of aromatic nitrogens is 2. The lowest BCUT2D eigenvalue weighted by atomic mass is 9.92. The molecule has 1 aromatic carbocycles. The molecule has 1 unspecified atom stereocenters. The molecular weight excluding hydrogens is 440 g/mol. The number of rotatable bonds is 4. The van der Waals surface area contributed by atoms with Gasteiger partial charge in [-0.05, 0) is 67.6 Å². The third-order valence-corrected chi connectivity index (χ3v) is 6.47. The number of amides is 1. The molecule has 0 spiro atoms. The standard InChI is InChI=1S/C20H21ClN4OS.2C2H6.CH4/c21-15-5-3-13(4-6-15)14-9-16-17(8-12-2-1-7-23-10-12)24-25-18(20(22)26)19(16)27-11-14;2*1-2;/h3-6,9,12,23H,1-2,7-8,10-11H2,(H2,22,26);2*1-2H3;1H4. The molecule has 2 aliphatic heterocycles. The summed E-state index contributed by atoms with van der Waals surface area (Å²) in [6, 6.07) is 7.83. The highest BCUT2D eigenvalue weighted by Crippen LogP contribution is 2.39. The number of halogens is 1. The number of nitrogens with zero attached hydrogens (tertiary/aromatic N) is 2. The van der Waals surface area contributed by atoms with Crippen LogP contribution in [0.25, 0.3) is 11.6 Å². The number of carbonyl (C=O) groups is 1. The Kier molecular flexibility index (Phi) is 12.6. The third kappa shape index (κ3) is 7.06. The Morgan fingerprint density at radius 2 is 1.88 bits per heavy atom. The van der Waals surface area contributed by atoms with Crippen LogP contribution in [-0.2, 0) is 6.42 Å². The molecule has 4 rings (SSSR count). The van der Waals surface area contributed by atoms with Crippen molar-refractivity contribution in [1.82, 2.24) is 15.5 Å². The number of hydrogen-bond acceptors (Lipinski definition) is 5. The van der Waals surface area contributed by atoms with Gasteiger partial charge in [0.2, 0.25) is 0 Å². The van der Waals surface area contributed by atoms with E-state index in [1.165, 1.54) is 18.4 Å². The van der Waals surface area contributed by atoms with Crippen molar-refractivity contribution in [3.8, 4) is 0 Å². The Bertz CT molecular complexity index is 894. The molecule has 5 nitrogen and oxygen atoms in total. The van der Waals surface area contributed by atoms with E-state index in [9.17, 15) is 4.79 Å². The summed E-state index contributed by atoms with van der Waals surface area (Å²) in [5.74, 6) is 0.766. The second-order valence-corrected chi connectivity index (χ2v) is 8.41. The summed E-state index contributed by atoms with van der Waals surface area (Å²) >= 11 is 7.63. The average Bonchev–Trinajstić information content (AvgIpc) is 2.82. The first-order valence-corrected chi connectivity index (χ1v) is 12.5. The van der Waals surface area contributed by atoms with E-state index in [-0.39, 0.29) is 13.1 Å². The van der Waals surface area contributed by atoms with Gasteiger partial charge in [0.1, 0.15) is 0 Å². The molecule has 3 heterocycles. The minimum absolute atomic E-state index is 0. The largest absolute Gasteiger partial charge is 0.364 e. The van der Waals surface area contributed by atoms with Crippen LogP contribution in [-0.4, -0.2) is 34.9 Å². The molecule has 1 fully saturated rings. The molecule has 7 heteroatoms. The number of nitrogens with one attached hydrogen (secondary N) is 1. The van der Waals surface area contributed by atoms with Crippen molar-refractivity contribution in [3.63, 3.8) is 0 Å². The van der Waals surface area contributed by atoms with Gasteiger partial charge < -0.3 is 11.1 Å². The Labute approximate surface area is 202 Å². The van der Waals surface area contributed by atoms with E-state index in [4.69, 9.17) is 17.3 Å². The lowest BCUT2D eigenvalue weighted by molar-refractivity contribution is 0.0991. The number of thioether (sulfide) groups is 1. The molecular formula is C25H37ClN4OS. The van der Waals surface area contributed by atoms with Crippen molar-refractivity contribution in [2.45, 2.75) is 59.3 Å². The Hall–Kier alpha value is -1.89. The minimum Gasteiger partial charge on any atom is -0.364 e. The van der Waals surface area contributed by atoms with Crippen molar-refractivity contribution >= 4 is 40.9 Å². The number of fused-ring (bicyclic) bond motifs is 1. The van der Waals surface area contributed by atoms with Gasteiger partial charge in [0.25, 0.3) is 5.91 Å². The minimum atomic E-state index is -0.527. The topological polar surface area (TPSA) is 80.9 Å². The lowest BCUT2D eigenvalue weighted by Crippen LogP contribution is -2.31. The fourth-order valence-corrected chi connectivity index (χ4v) is 4.93. The molecule has 176 valence electrons. The molecule has 32 heavy (non-hydrogen) atoms. The Morgan fingerprint density at radius 3 is 2.47 bits per heavy atom. The molecule has 1 aromatic heterocycles. The maximum Gasteiger partial charge on any atom is 0.270 e. The second-order valence-electron chi connectivity index (χ2n) is 6.98. The maximum atomic E-state index is 11.8. The van der Waals surface area contributed by atoms with Crippen LogP contribution < -0.4 is 11.1 Å². The number of nitrogens with two attached hydrogens (primary N) is 1. The van der Waals surface area contributed by atoms with E-state index < -0.39 is 5.91 Å². The normalized spacial score (nSPS) is 16.7. The highest BCUT2D eigenvalue weighted by molar-refractivity contribution is 8.00. The molecule has 1 atom stereocenters. The van der Waals surface area contributed by atoms with Crippen LogP contribution in [0.2, 0.25) is 5.02 Å². The number of carbonyl (C=O) groups excluding carboxylic acids is 1. The summed E-state index contributed by atoms with van der Waals surface area (Å²) < 4.78 is 0. The zero-order valence-electron chi connectivity index (χ0n) is 18.9. The van der Waals surface area contributed by atoms with Crippen LogP contribution >= 0.6 is 23.4 Å². The van der Waals surface area contributed by atoms with Crippen LogP contribution in [0, 0.1) is 5.92 Å². The van der Waals surface area contributed by atoms with Crippen LogP contribution in [0.4, 0.5) is 0 Å². The number of primary amides is 1. The first kappa shape index (κ1) is 28.1. The van der Waals surface area contributed by atoms with E-state index in [0.29, 0.717) is 5.92 Å². The summed E-state index contributed by atoms with van der Waals surface area (Å²) in [6.45, 7) is 10.1. The Balaban J connectivity index is 0.000000971. The molecule has 2 aliphatic rings. The lowest BCUT2D eigenvalue weighted by Gasteiger charge is -2.25. The molecule has 3 N–H and O–H groups in total. The van der Waals surface area contributed by atoms with E-state index in [1.54, 1.807) is 11.8 Å². The summed E-state index contributed by atoms with van der Waals surface area (Å²) in [4.78, 5) is 12.7. The molecule has 1 amide bonds. The molecule has 1 saturated heterocycles. The molecule has 0 bridgehead atoms. The van der Waals surface area contributed by atoms with Gasteiger partial charge in [-0.2, -0.15) is 5.10 Å². The summed E-state index contributed by atoms with van der Waals surface area (Å²) in [5, 5.41) is 12.7. The summed E-state index contributed by atoms with van der Waals surface area (Å²) in [5.41, 5.74) is 10.1. The van der Waals surface area contributed by atoms with E-state index >= 15 is 0 Å². The molecule has 0 saturated carbocycles. The smallest absolute Gasteiger partial charge is 0.270 e. The predicted octanol–water partition coefficient (Wildman–Crippen LogP) is 6.11. The monoisotopic (exact) mass is 476 g/mol. The quantitative estimate of drug-likeness (QED) is 0.556. The van der Waals surface area contributed by atoms with Gasteiger partial charge in [-0.3, -0.25) is 4.79 Å². The fraction of sp³-hybridized carbons (Fsp3) is 0.480. The van der Waals surface area contributed by atoms with Crippen LogP contribution in [0.3, 0.4) is 0 Å². The van der Waals surface area contributed by atoms with Crippen molar-refractivity contribution in [2.24, 2.45) is 11.7 Å². The number of piperidine rings is 1. The Morgan fingerprint density at radius 1 is 1.19 bits per heavy atom. The molecule has 0 aliphatic carbocycles. The molecule has 2 aromatic rings. The van der Waals surface area contributed by atoms with Gasteiger partial charge in [0.05, 0.1) is 10.6 Å². The van der Waals surface area contributed by atoms with Crippen molar-refractivity contribution in [1.29, 1.82) is 0 Å². The van der Waals surface area contributed by atoms with Crippen molar-refractivity contribution < 1.29 is 4.79 Å². The number of benzene rings is 1. The van der Waals surface area contributed by atoms with Crippen LogP contribution in [0.15, 0.2) is 29.2 Å². The maximum absolute atomic E-state index is 11.8. The van der Waals surface area contributed by atoms with Gasteiger partial charge in [0, 0.05) is 16.3 Å². The summed E-state index contributed by atoms with van der Waals surface area (Å²) in [7, 11) is 0. The van der Waals surface area contributed by atoms with Crippen LogP contribution in [0.5, 0.6) is 0 Å². The van der Waals surface area contributed by atoms with Gasteiger partial charge in [-0.1, -0.05) is 58.9 Å². The highest BCUT2D eigenvalue weighted by atomic mass is 35.5. The first-order chi connectivity index (χ1) is 15.1. The van der Waals surface area contributed by atoms with Crippen LogP contribution in [0.1, 0.15) is 75.3 Å². The average molecular weight is 477 g/mol. The summed E-state index contributed by atoms with van der Waals surface area (Å²) in [6.07, 6.45) is 5.36. The first-order valence-electron chi connectivity index (χ1n) is 11.1. The predicted molar refractivity (Wildman–Crippen MR) is 139 cm³/mol. The number of hydrogen-bond donors (Lipinski definition) is 2. The van der Waals surface area contributed by atoms with Gasteiger partial charge in [0.15, 0.2) is 5.69 Å².